The van der Waals surface area contributed by atoms with E-state index in [0.29, 0.717) is 0 Å². The Bertz CT molecular complexity index is 447. The fraction of sp³-hybridized carbons (Fsp3) is 0.625. The quantitative estimate of drug-likeness (QED) is 0.885. The zero-order chi connectivity index (χ0) is 14.0. The zero-order valence-electron chi connectivity index (χ0n) is 12.7. The van der Waals surface area contributed by atoms with Crippen molar-refractivity contribution >= 4 is 0 Å². The SMILES string of the molecule is CNC(c1ccc(C)c(C)c1OC)C1(OC)CCC1. The van der Waals surface area contributed by atoms with E-state index in [-0.39, 0.29) is 11.6 Å². The van der Waals surface area contributed by atoms with E-state index in [9.17, 15) is 0 Å². The second kappa shape index (κ2) is 5.51. The van der Waals surface area contributed by atoms with Gasteiger partial charge in [0.15, 0.2) is 0 Å². The molecule has 1 saturated carbocycles. The van der Waals surface area contributed by atoms with Crippen LogP contribution in [0.5, 0.6) is 5.75 Å². The molecule has 106 valence electrons. The lowest BCUT2D eigenvalue weighted by molar-refractivity contribution is -0.0986. The van der Waals surface area contributed by atoms with Crippen molar-refractivity contribution in [3.05, 3.63) is 28.8 Å². The summed E-state index contributed by atoms with van der Waals surface area (Å²) in [6, 6.07) is 4.52. The first-order valence-corrected chi connectivity index (χ1v) is 6.96. The Balaban J connectivity index is 2.46. The van der Waals surface area contributed by atoms with Crippen molar-refractivity contribution < 1.29 is 9.47 Å². The van der Waals surface area contributed by atoms with E-state index in [2.05, 4.69) is 31.3 Å². The number of methoxy groups -OCH3 is 2. The molecule has 0 amide bonds. The molecule has 0 bridgehead atoms. The van der Waals surface area contributed by atoms with Gasteiger partial charge in [-0.05, 0) is 51.3 Å². The molecule has 1 atom stereocenters. The van der Waals surface area contributed by atoms with E-state index < -0.39 is 0 Å². The molecule has 3 nitrogen and oxygen atoms in total. The minimum Gasteiger partial charge on any atom is -0.496 e. The van der Waals surface area contributed by atoms with Crippen LogP contribution in [-0.4, -0.2) is 26.9 Å². The fourth-order valence-electron chi connectivity index (χ4n) is 3.15. The van der Waals surface area contributed by atoms with Crippen LogP contribution in [0.3, 0.4) is 0 Å². The van der Waals surface area contributed by atoms with Gasteiger partial charge >= 0.3 is 0 Å². The minimum absolute atomic E-state index is 0.0796. The Labute approximate surface area is 116 Å². The predicted molar refractivity (Wildman–Crippen MR) is 77.9 cm³/mol. The van der Waals surface area contributed by atoms with Gasteiger partial charge in [-0.25, -0.2) is 0 Å². The lowest BCUT2D eigenvalue weighted by Crippen LogP contribution is -2.49. The summed E-state index contributed by atoms with van der Waals surface area (Å²) in [5.74, 6) is 0.989. The first-order chi connectivity index (χ1) is 9.09. The number of aryl methyl sites for hydroxylation is 1. The third-order valence-corrected chi connectivity index (χ3v) is 4.64. The van der Waals surface area contributed by atoms with Crippen molar-refractivity contribution in [2.45, 2.75) is 44.8 Å². The summed E-state index contributed by atoms with van der Waals surface area (Å²) < 4.78 is 11.5. The van der Waals surface area contributed by atoms with Gasteiger partial charge in [0.2, 0.25) is 0 Å². The maximum absolute atomic E-state index is 5.83. The van der Waals surface area contributed by atoms with Crippen LogP contribution in [0.25, 0.3) is 0 Å². The standard InChI is InChI=1S/C16H25NO2/c1-11-7-8-13(14(18-4)12(11)2)15(17-3)16(19-5)9-6-10-16/h7-8,15,17H,6,9-10H2,1-5H3. The molecule has 19 heavy (non-hydrogen) atoms. The number of ether oxygens (including phenoxy) is 2. The Morgan fingerprint density at radius 2 is 1.89 bits per heavy atom. The molecule has 2 rings (SSSR count). The van der Waals surface area contributed by atoms with Crippen molar-refractivity contribution in [2.75, 3.05) is 21.3 Å². The Hall–Kier alpha value is -1.06. The van der Waals surface area contributed by atoms with Gasteiger partial charge in [0.25, 0.3) is 0 Å². The van der Waals surface area contributed by atoms with Gasteiger partial charge < -0.3 is 14.8 Å². The summed E-state index contributed by atoms with van der Waals surface area (Å²) in [7, 11) is 5.56. The smallest absolute Gasteiger partial charge is 0.126 e. The van der Waals surface area contributed by atoms with E-state index in [4.69, 9.17) is 9.47 Å². The fourth-order valence-corrected chi connectivity index (χ4v) is 3.15. The monoisotopic (exact) mass is 263 g/mol. The maximum Gasteiger partial charge on any atom is 0.126 e. The summed E-state index contributed by atoms with van der Waals surface area (Å²) >= 11 is 0. The molecule has 0 radical (unpaired) electrons. The number of hydrogen-bond donors (Lipinski definition) is 1. The van der Waals surface area contributed by atoms with Gasteiger partial charge in [-0.1, -0.05) is 12.1 Å². The lowest BCUT2D eigenvalue weighted by Gasteiger charge is -2.47. The van der Waals surface area contributed by atoms with Gasteiger partial charge in [-0.3, -0.25) is 0 Å². The minimum atomic E-state index is -0.0796. The van der Waals surface area contributed by atoms with Crippen molar-refractivity contribution in [2.24, 2.45) is 0 Å². The highest BCUT2D eigenvalue weighted by Gasteiger charge is 2.45. The average Bonchev–Trinajstić information content (AvgIpc) is 2.37. The molecule has 3 heteroatoms. The van der Waals surface area contributed by atoms with E-state index in [1.54, 1.807) is 7.11 Å². The molecule has 1 fully saturated rings. The molecular weight excluding hydrogens is 238 g/mol. The summed E-state index contributed by atoms with van der Waals surface area (Å²) in [4.78, 5) is 0. The second-order valence-electron chi connectivity index (χ2n) is 5.47. The van der Waals surface area contributed by atoms with Crippen LogP contribution in [0.4, 0.5) is 0 Å². The Kier molecular flexibility index (Phi) is 4.16. The molecule has 0 saturated heterocycles. The molecule has 0 aromatic heterocycles. The third-order valence-electron chi connectivity index (χ3n) is 4.64. The van der Waals surface area contributed by atoms with Gasteiger partial charge in [0, 0.05) is 12.7 Å². The third kappa shape index (κ3) is 2.26. The predicted octanol–water partition coefficient (Wildman–Crippen LogP) is 3.14. The number of nitrogens with one attached hydrogen (secondary N) is 1. The highest BCUT2D eigenvalue weighted by molar-refractivity contribution is 5.48. The van der Waals surface area contributed by atoms with Gasteiger partial charge in [-0.2, -0.15) is 0 Å². The highest BCUT2D eigenvalue weighted by atomic mass is 16.5. The molecule has 1 aromatic carbocycles. The zero-order valence-corrected chi connectivity index (χ0v) is 12.7. The van der Waals surface area contributed by atoms with Crippen LogP contribution in [0.15, 0.2) is 12.1 Å². The van der Waals surface area contributed by atoms with Crippen molar-refractivity contribution in [3.63, 3.8) is 0 Å². The van der Waals surface area contributed by atoms with Crippen LogP contribution in [0.2, 0.25) is 0 Å². The number of likely N-dealkylation sites (N-methyl/N-ethyl adjacent to an activating group) is 1. The molecule has 0 spiro atoms. The van der Waals surface area contributed by atoms with Gasteiger partial charge in [0.05, 0.1) is 18.8 Å². The lowest BCUT2D eigenvalue weighted by atomic mass is 9.71. The van der Waals surface area contributed by atoms with E-state index in [0.717, 1.165) is 18.6 Å². The normalized spacial score (nSPS) is 18.8. The average molecular weight is 263 g/mol. The molecule has 1 aromatic rings. The van der Waals surface area contributed by atoms with Crippen LogP contribution in [0.1, 0.15) is 42.0 Å². The van der Waals surface area contributed by atoms with Crippen molar-refractivity contribution in [3.8, 4) is 5.75 Å². The Morgan fingerprint density at radius 1 is 1.21 bits per heavy atom. The molecule has 1 aliphatic rings. The first kappa shape index (κ1) is 14.4. The number of hydrogen-bond acceptors (Lipinski definition) is 3. The summed E-state index contributed by atoms with van der Waals surface area (Å²) in [5, 5.41) is 3.43. The molecular formula is C16H25NO2. The van der Waals surface area contributed by atoms with Crippen LogP contribution in [0, 0.1) is 13.8 Å². The van der Waals surface area contributed by atoms with Crippen LogP contribution < -0.4 is 10.1 Å². The number of benzene rings is 1. The van der Waals surface area contributed by atoms with E-state index >= 15 is 0 Å². The Morgan fingerprint density at radius 3 is 2.32 bits per heavy atom. The van der Waals surface area contributed by atoms with Crippen molar-refractivity contribution in [1.29, 1.82) is 0 Å². The summed E-state index contributed by atoms with van der Waals surface area (Å²) in [5.41, 5.74) is 3.60. The first-order valence-electron chi connectivity index (χ1n) is 6.96. The molecule has 1 aliphatic carbocycles. The second-order valence-corrected chi connectivity index (χ2v) is 5.47. The van der Waals surface area contributed by atoms with Gasteiger partial charge in [0.1, 0.15) is 5.75 Å². The van der Waals surface area contributed by atoms with Crippen LogP contribution in [-0.2, 0) is 4.74 Å². The maximum atomic E-state index is 5.83. The molecule has 1 N–H and O–H groups in total. The molecule has 0 aliphatic heterocycles. The van der Waals surface area contributed by atoms with E-state index in [1.165, 1.54) is 23.1 Å². The van der Waals surface area contributed by atoms with Crippen molar-refractivity contribution in [1.82, 2.24) is 5.32 Å². The topological polar surface area (TPSA) is 30.5 Å². The summed E-state index contributed by atoms with van der Waals surface area (Å²) in [6.07, 6.45) is 3.44. The van der Waals surface area contributed by atoms with Crippen LogP contribution >= 0.6 is 0 Å². The summed E-state index contributed by atoms with van der Waals surface area (Å²) in [6.45, 7) is 4.23. The largest absolute Gasteiger partial charge is 0.496 e. The number of rotatable bonds is 5. The van der Waals surface area contributed by atoms with E-state index in [1.807, 2.05) is 14.2 Å². The molecule has 1 unspecified atom stereocenters. The molecule has 0 heterocycles. The highest BCUT2D eigenvalue weighted by Crippen LogP contribution is 2.47. The van der Waals surface area contributed by atoms with Gasteiger partial charge in [-0.15, -0.1) is 0 Å².